The number of hydrogen-bond donors (Lipinski definition) is 1. The molecule has 0 aromatic heterocycles. The van der Waals surface area contributed by atoms with Crippen LogP contribution in [-0.4, -0.2) is 24.5 Å². The third kappa shape index (κ3) is 3.57. The highest BCUT2D eigenvalue weighted by atomic mass is 16.5. The average molecular weight is 405 g/mol. The zero-order chi connectivity index (χ0) is 20.7. The number of carbonyl (C=O) groups is 2. The van der Waals surface area contributed by atoms with Crippen LogP contribution in [0.1, 0.15) is 48.5 Å². The largest absolute Gasteiger partial charge is 0.482 e. The van der Waals surface area contributed by atoms with E-state index in [1.54, 1.807) is 4.90 Å². The van der Waals surface area contributed by atoms with E-state index in [4.69, 9.17) is 4.74 Å². The van der Waals surface area contributed by atoms with Crippen LogP contribution in [0.2, 0.25) is 0 Å². The molecule has 0 spiro atoms. The molecule has 3 aliphatic rings. The molecular weight excluding hydrogens is 376 g/mol. The maximum absolute atomic E-state index is 12.7. The monoisotopic (exact) mass is 404 g/mol. The van der Waals surface area contributed by atoms with Gasteiger partial charge in [-0.1, -0.05) is 30.7 Å². The third-order valence-corrected chi connectivity index (χ3v) is 7.16. The Morgan fingerprint density at radius 3 is 2.67 bits per heavy atom. The van der Waals surface area contributed by atoms with Gasteiger partial charge in [-0.3, -0.25) is 9.59 Å². The van der Waals surface area contributed by atoms with Crippen molar-refractivity contribution in [2.45, 2.75) is 45.2 Å². The predicted octanol–water partition coefficient (Wildman–Crippen LogP) is 4.17. The number of benzene rings is 2. The van der Waals surface area contributed by atoms with E-state index in [9.17, 15) is 9.59 Å². The highest BCUT2D eigenvalue weighted by molar-refractivity contribution is 5.98. The van der Waals surface area contributed by atoms with Gasteiger partial charge in [0.15, 0.2) is 6.61 Å². The van der Waals surface area contributed by atoms with Crippen LogP contribution in [0.3, 0.4) is 0 Å². The summed E-state index contributed by atoms with van der Waals surface area (Å²) in [6, 6.07) is 15.4. The van der Waals surface area contributed by atoms with E-state index in [1.165, 1.54) is 25.7 Å². The topological polar surface area (TPSA) is 58.6 Å². The lowest BCUT2D eigenvalue weighted by Gasteiger charge is -2.29. The summed E-state index contributed by atoms with van der Waals surface area (Å²) < 4.78 is 5.51. The number of carbonyl (C=O) groups excluding carboxylic acids is 2. The summed E-state index contributed by atoms with van der Waals surface area (Å²) in [5.74, 6) is 2.95. The van der Waals surface area contributed by atoms with Crippen LogP contribution in [0, 0.1) is 17.8 Å². The summed E-state index contributed by atoms with van der Waals surface area (Å²) in [4.78, 5) is 26.9. The van der Waals surface area contributed by atoms with Crippen molar-refractivity contribution in [2.75, 3.05) is 11.5 Å². The van der Waals surface area contributed by atoms with Gasteiger partial charge in [0, 0.05) is 11.6 Å². The van der Waals surface area contributed by atoms with Crippen molar-refractivity contribution in [3.05, 3.63) is 59.7 Å². The van der Waals surface area contributed by atoms with Gasteiger partial charge < -0.3 is 15.0 Å². The average Bonchev–Trinajstić information content (AvgIpc) is 3.40. The first-order valence-electron chi connectivity index (χ1n) is 11.0. The molecule has 2 fully saturated rings. The van der Waals surface area contributed by atoms with E-state index in [0.717, 1.165) is 28.8 Å². The van der Waals surface area contributed by atoms with Crippen LogP contribution in [0.4, 0.5) is 5.69 Å². The normalized spacial score (nSPS) is 25.6. The van der Waals surface area contributed by atoms with Crippen LogP contribution >= 0.6 is 0 Å². The number of nitrogens with one attached hydrogen (secondary N) is 1. The van der Waals surface area contributed by atoms with Crippen LogP contribution in [0.25, 0.3) is 0 Å². The van der Waals surface area contributed by atoms with E-state index < -0.39 is 0 Å². The van der Waals surface area contributed by atoms with Crippen LogP contribution < -0.4 is 15.0 Å². The Bertz CT molecular complexity index is 955. The smallest absolute Gasteiger partial charge is 0.265 e. The number of anilines is 1. The van der Waals surface area contributed by atoms with Gasteiger partial charge in [0.25, 0.3) is 11.8 Å². The molecular formula is C25H28N2O3. The molecule has 4 unspecified atom stereocenters. The van der Waals surface area contributed by atoms with Crippen LogP contribution in [-0.2, 0) is 11.3 Å². The first kappa shape index (κ1) is 19.2. The summed E-state index contributed by atoms with van der Waals surface area (Å²) in [7, 11) is 0. The van der Waals surface area contributed by atoms with E-state index in [0.29, 0.717) is 18.0 Å². The van der Waals surface area contributed by atoms with Gasteiger partial charge in [-0.15, -0.1) is 0 Å². The Balaban J connectivity index is 1.23. The van der Waals surface area contributed by atoms with Crippen molar-refractivity contribution in [1.82, 2.24) is 5.32 Å². The zero-order valence-corrected chi connectivity index (χ0v) is 17.3. The second-order valence-corrected chi connectivity index (χ2v) is 9.03. The maximum atomic E-state index is 12.7. The maximum Gasteiger partial charge on any atom is 0.265 e. The van der Waals surface area contributed by atoms with E-state index >= 15 is 0 Å². The van der Waals surface area contributed by atoms with E-state index in [-0.39, 0.29) is 24.5 Å². The molecule has 0 saturated heterocycles. The molecule has 2 bridgehead atoms. The first-order valence-corrected chi connectivity index (χ1v) is 11.0. The van der Waals surface area contributed by atoms with Gasteiger partial charge >= 0.3 is 0 Å². The fraction of sp³-hybridized carbons (Fsp3) is 0.440. The molecule has 5 nitrogen and oxygen atoms in total. The molecule has 4 atom stereocenters. The molecule has 2 amide bonds. The van der Waals surface area contributed by atoms with E-state index in [2.05, 4.69) is 12.2 Å². The Morgan fingerprint density at radius 1 is 1.13 bits per heavy atom. The Labute approximate surface area is 177 Å². The minimum absolute atomic E-state index is 0.00961. The number of hydrogen-bond acceptors (Lipinski definition) is 3. The minimum Gasteiger partial charge on any atom is -0.482 e. The van der Waals surface area contributed by atoms with Crippen molar-refractivity contribution < 1.29 is 14.3 Å². The van der Waals surface area contributed by atoms with E-state index in [1.807, 2.05) is 48.5 Å². The van der Waals surface area contributed by atoms with Gasteiger partial charge in [0.1, 0.15) is 5.75 Å². The summed E-state index contributed by atoms with van der Waals surface area (Å²) in [6.07, 6.45) is 5.32. The molecule has 2 aromatic rings. The second-order valence-electron chi connectivity index (χ2n) is 9.03. The second kappa shape index (κ2) is 7.78. The van der Waals surface area contributed by atoms with Crippen LogP contribution in [0.5, 0.6) is 5.75 Å². The molecule has 30 heavy (non-hydrogen) atoms. The zero-order valence-electron chi connectivity index (χ0n) is 17.3. The number of rotatable bonds is 5. The number of amides is 2. The van der Waals surface area contributed by atoms with Gasteiger partial charge in [0.05, 0.1) is 12.2 Å². The Hall–Kier alpha value is -2.82. The lowest BCUT2D eigenvalue weighted by molar-refractivity contribution is -0.121. The molecule has 2 aromatic carbocycles. The summed E-state index contributed by atoms with van der Waals surface area (Å²) in [5.41, 5.74) is 2.44. The van der Waals surface area contributed by atoms with Gasteiger partial charge in [-0.2, -0.15) is 0 Å². The molecule has 1 N–H and O–H groups in total. The molecule has 5 heteroatoms. The highest BCUT2D eigenvalue weighted by Crippen LogP contribution is 2.49. The number of para-hydroxylation sites is 2. The summed E-state index contributed by atoms with van der Waals surface area (Å²) in [5, 5.41) is 3.22. The minimum atomic E-state index is -0.0600. The highest BCUT2D eigenvalue weighted by Gasteiger charge is 2.42. The number of ether oxygens (including phenoxy) is 1. The molecule has 156 valence electrons. The van der Waals surface area contributed by atoms with Crippen LogP contribution in [0.15, 0.2) is 48.5 Å². The fourth-order valence-corrected chi connectivity index (χ4v) is 5.57. The molecule has 5 rings (SSSR count). The van der Waals surface area contributed by atoms with Crippen molar-refractivity contribution in [3.8, 4) is 5.75 Å². The lowest BCUT2D eigenvalue weighted by Crippen LogP contribution is -2.40. The standard InChI is InChI=1S/C25H28N2O3/c1-16(21-13-18-8-11-20(21)12-18)26-25(29)19-9-6-17(7-10-19)14-27-22-4-2-3-5-23(22)30-15-24(27)28/h2-7,9-10,16,18,20-21H,8,11-15H2,1H3,(H,26,29). The number of fused-ring (bicyclic) bond motifs is 3. The van der Waals surface area contributed by atoms with Crippen molar-refractivity contribution >= 4 is 17.5 Å². The molecule has 2 saturated carbocycles. The van der Waals surface area contributed by atoms with Crippen molar-refractivity contribution in [3.63, 3.8) is 0 Å². The number of nitrogens with zero attached hydrogens (tertiary/aromatic N) is 1. The summed E-state index contributed by atoms with van der Waals surface area (Å²) in [6.45, 7) is 2.67. The molecule has 0 radical (unpaired) electrons. The summed E-state index contributed by atoms with van der Waals surface area (Å²) >= 11 is 0. The predicted molar refractivity (Wildman–Crippen MR) is 115 cm³/mol. The first-order chi connectivity index (χ1) is 14.6. The lowest BCUT2D eigenvalue weighted by atomic mass is 9.84. The van der Waals surface area contributed by atoms with Gasteiger partial charge in [-0.25, -0.2) is 0 Å². The SMILES string of the molecule is CC(NC(=O)c1ccc(CN2C(=O)COc3ccccc32)cc1)C1CC2CCC1C2. The molecule has 1 heterocycles. The van der Waals surface area contributed by atoms with Gasteiger partial charge in [-0.05, 0) is 73.8 Å². The fourth-order valence-electron chi connectivity index (χ4n) is 5.57. The third-order valence-electron chi connectivity index (χ3n) is 7.16. The quantitative estimate of drug-likeness (QED) is 0.814. The molecule has 1 aliphatic heterocycles. The Morgan fingerprint density at radius 2 is 1.93 bits per heavy atom. The van der Waals surface area contributed by atoms with Gasteiger partial charge in [0.2, 0.25) is 0 Å². The van der Waals surface area contributed by atoms with Crippen molar-refractivity contribution in [1.29, 1.82) is 0 Å². The molecule has 2 aliphatic carbocycles. The Kier molecular flexibility index (Phi) is 4.97. The van der Waals surface area contributed by atoms with Crippen molar-refractivity contribution in [2.24, 2.45) is 17.8 Å².